The predicted octanol–water partition coefficient (Wildman–Crippen LogP) is 3.57. The second-order valence-corrected chi connectivity index (χ2v) is 4.40. The fourth-order valence-electron chi connectivity index (χ4n) is 2.17. The summed E-state index contributed by atoms with van der Waals surface area (Å²) >= 11 is 0. The summed E-state index contributed by atoms with van der Waals surface area (Å²) in [5.74, 6) is 0.334. The fourth-order valence-corrected chi connectivity index (χ4v) is 2.17. The van der Waals surface area contributed by atoms with Crippen molar-refractivity contribution in [2.75, 3.05) is 7.05 Å². The molecule has 90 valence electrons. The molecule has 1 unspecified atom stereocenters. The first-order valence-corrected chi connectivity index (χ1v) is 6.11. The van der Waals surface area contributed by atoms with E-state index in [0.29, 0.717) is 17.8 Å². The van der Waals surface area contributed by atoms with Gasteiger partial charge in [-0.15, -0.1) is 0 Å². The van der Waals surface area contributed by atoms with Gasteiger partial charge in [-0.25, -0.2) is 0 Å². The first-order valence-electron chi connectivity index (χ1n) is 6.11. The van der Waals surface area contributed by atoms with Crippen LogP contribution < -0.4 is 0 Å². The molecule has 0 heterocycles. The Hall–Kier alpha value is -1.02. The third kappa shape index (κ3) is 2.99. The standard InChI is InChI=1S/C14H23NO/c1-5-13(6-2)15(4)11(3)12-7-9-14(16)10-8-12/h7-11,13,16H,5-6H2,1-4H3. The topological polar surface area (TPSA) is 23.5 Å². The maximum absolute atomic E-state index is 9.26. The molecule has 0 radical (unpaired) electrons. The Kier molecular flexibility index (Phi) is 4.81. The van der Waals surface area contributed by atoms with Gasteiger partial charge < -0.3 is 5.11 Å². The van der Waals surface area contributed by atoms with E-state index >= 15 is 0 Å². The lowest BCUT2D eigenvalue weighted by Gasteiger charge is -2.32. The Labute approximate surface area is 98.9 Å². The molecular weight excluding hydrogens is 198 g/mol. The maximum atomic E-state index is 9.26. The van der Waals surface area contributed by atoms with E-state index in [-0.39, 0.29) is 0 Å². The van der Waals surface area contributed by atoms with Crippen molar-refractivity contribution in [1.29, 1.82) is 0 Å². The highest BCUT2D eigenvalue weighted by Crippen LogP contribution is 2.24. The van der Waals surface area contributed by atoms with Crippen molar-refractivity contribution >= 4 is 0 Å². The molecule has 1 N–H and O–H groups in total. The molecule has 2 heteroatoms. The maximum Gasteiger partial charge on any atom is 0.115 e. The van der Waals surface area contributed by atoms with Crippen LogP contribution in [0.25, 0.3) is 0 Å². The molecule has 0 aliphatic heterocycles. The summed E-state index contributed by atoms with van der Waals surface area (Å²) in [6.07, 6.45) is 2.35. The van der Waals surface area contributed by atoms with Gasteiger partial charge in [0.15, 0.2) is 0 Å². The fraction of sp³-hybridized carbons (Fsp3) is 0.571. The second-order valence-electron chi connectivity index (χ2n) is 4.40. The van der Waals surface area contributed by atoms with E-state index in [1.807, 2.05) is 12.1 Å². The molecule has 1 aromatic rings. The molecule has 0 saturated heterocycles. The van der Waals surface area contributed by atoms with Crippen molar-refractivity contribution < 1.29 is 5.11 Å². The summed E-state index contributed by atoms with van der Waals surface area (Å²) in [6.45, 7) is 6.67. The molecular formula is C14H23NO. The van der Waals surface area contributed by atoms with Gasteiger partial charge in [0.25, 0.3) is 0 Å². The van der Waals surface area contributed by atoms with Crippen LogP contribution in [-0.2, 0) is 0 Å². The van der Waals surface area contributed by atoms with Crippen LogP contribution >= 0.6 is 0 Å². The number of rotatable bonds is 5. The number of phenolic OH excluding ortho intramolecular Hbond substituents is 1. The number of hydrogen-bond acceptors (Lipinski definition) is 2. The van der Waals surface area contributed by atoms with Crippen LogP contribution in [0.5, 0.6) is 5.75 Å². The third-order valence-electron chi connectivity index (χ3n) is 3.50. The molecule has 0 aliphatic rings. The number of nitrogens with zero attached hydrogens (tertiary/aromatic N) is 1. The van der Waals surface area contributed by atoms with Gasteiger partial charge in [0.1, 0.15) is 5.75 Å². The zero-order valence-corrected chi connectivity index (χ0v) is 10.8. The molecule has 0 bridgehead atoms. The largest absolute Gasteiger partial charge is 0.508 e. The van der Waals surface area contributed by atoms with Crippen molar-refractivity contribution in [2.24, 2.45) is 0 Å². The minimum atomic E-state index is 0.334. The Bertz CT molecular complexity index is 303. The Morgan fingerprint density at radius 1 is 1.12 bits per heavy atom. The minimum absolute atomic E-state index is 0.334. The molecule has 0 aliphatic carbocycles. The molecule has 16 heavy (non-hydrogen) atoms. The molecule has 0 fully saturated rings. The van der Waals surface area contributed by atoms with Gasteiger partial charge in [-0.05, 0) is 44.5 Å². The summed E-state index contributed by atoms with van der Waals surface area (Å²) in [5.41, 5.74) is 1.26. The van der Waals surface area contributed by atoms with Gasteiger partial charge in [0.05, 0.1) is 0 Å². The molecule has 0 spiro atoms. The summed E-state index contributed by atoms with van der Waals surface area (Å²) in [5, 5.41) is 9.26. The second kappa shape index (κ2) is 5.90. The van der Waals surface area contributed by atoms with Gasteiger partial charge in [-0.1, -0.05) is 26.0 Å². The van der Waals surface area contributed by atoms with Crippen LogP contribution in [0.4, 0.5) is 0 Å². The van der Waals surface area contributed by atoms with E-state index in [0.717, 1.165) is 0 Å². The Morgan fingerprint density at radius 2 is 1.62 bits per heavy atom. The lowest BCUT2D eigenvalue weighted by Crippen LogP contribution is -2.32. The molecule has 2 nitrogen and oxygen atoms in total. The monoisotopic (exact) mass is 221 g/mol. The molecule has 1 rings (SSSR count). The highest BCUT2D eigenvalue weighted by atomic mass is 16.3. The minimum Gasteiger partial charge on any atom is -0.508 e. The number of aromatic hydroxyl groups is 1. The number of phenols is 1. The third-order valence-corrected chi connectivity index (χ3v) is 3.50. The van der Waals surface area contributed by atoms with Gasteiger partial charge >= 0.3 is 0 Å². The summed E-state index contributed by atoms with van der Waals surface area (Å²) in [7, 11) is 2.18. The van der Waals surface area contributed by atoms with E-state index in [1.54, 1.807) is 12.1 Å². The van der Waals surface area contributed by atoms with Crippen LogP contribution in [-0.4, -0.2) is 23.1 Å². The molecule has 1 aromatic carbocycles. The molecule has 0 amide bonds. The van der Waals surface area contributed by atoms with Crippen LogP contribution in [0, 0.1) is 0 Å². The van der Waals surface area contributed by atoms with E-state index in [1.165, 1.54) is 18.4 Å². The van der Waals surface area contributed by atoms with E-state index in [9.17, 15) is 5.11 Å². The van der Waals surface area contributed by atoms with Gasteiger partial charge in [0.2, 0.25) is 0 Å². The van der Waals surface area contributed by atoms with Gasteiger partial charge in [-0.2, -0.15) is 0 Å². The summed E-state index contributed by atoms with van der Waals surface area (Å²) in [6, 6.07) is 8.53. The SMILES string of the molecule is CCC(CC)N(C)C(C)c1ccc(O)cc1. The Balaban J connectivity index is 2.76. The van der Waals surface area contributed by atoms with Crippen molar-refractivity contribution in [1.82, 2.24) is 4.90 Å². The smallest absolute Gasteiger partial charge is 0.115 e. The van der Waals surface area contributed by atoms with Crippen LogP contribution in [0.15, 0.2) is 24.3 Å². The zero-order valence-electron chi connectivity index (χ0n) is 10.8. The van der Waals surface area contributed by atoms with E-state index in [2.05, 4.69) is 32.7 Å². The van der Waals surface area contributed by atoms with Crippen LogP contribution in [0.2, 0.25) is 0 Å². The average Bonchev–Trinajstić information content (AvgIpc) is 2.30. The Morgan fingerprint density at radius 3 is 2.06 bits per heavy atom. The van der Waals surface area contributed by atoms with Crippen molar-refractivity contribution in [3.05, 3.63) is 29.8 Å². The highest BCUT2D eigenvalue weighted by Gasteiger charge is 2.17. The zero-order chi connectivity index (χ0) is 12.1. The predicted molar refractivity (Wildman–Crippen MR) is 68.7 cm³/mol. The van der Waals surface area contributed by atoms with Gasteiger partial charge in [0, 0.05) is 12.1 Å². The van der Waals surface area contributed by atoms with Crippen molar-refractivity contribution in [3.8, 4) is 5.75 Å². The summed E-state index contributed by atoms with van der Waals surface area (Å²) < 4.78 is 0. The average molecular weight is 221 g/mol. The van der Waals surface area contributed by atoms with Crippen LogP contribution in [0.3, 0.4) is 0 Å². The molecule has 0 aromatic heterocycles. The first kappa shape index (κ1) is 13.0. The number of benzene rings is 1. The normalized spacial score (nSPS) is 13.4. The van der Waals surface area contributed by atoms with E-state index < -0.39 is 0 Å². The van der Waals surface area contributed by atoms with Gasteiger partial charge in [-0.3, -0.25) is 4.90 Å². The number of hydrogen-bond donors (Lipinski definition) is 1. The molecule has 1 atom stereocenters. The summed E-state index contributed by atoms with van der Waals surface area (Å²) in [4.78, 5) is 2.41. The molecule has 0 saturated carbocycles. The lowest BCUT2D eigenvalue weighted by molar-refractivity contribution is 0.175. The van der Waals surface area contributed by atoms with Crippen molar-refractivity contribution in [3.63, 3.8) is 0 Å². The highest BCUT2D eigenvalue weighted by molar-refractivity contribution is 5.27. The van der Waals surface area contributed by atoms with Crippen molar-refractivity contribution in [2.45, 2.75) is 45.7 Å². The van der Waals surface area contributed by atoms with E-state index in [4.69, 9.17) is 0 Å². The van der Waals surface area contributed by atoms with Crippen LogP contribution in [0.1, 0.15) is 45.2 Å². The first-order chi connectivity index (χ1) is 7.60. The lowest BCUT2D eigenvalue weighted by atomic mass is 10.0. The quantitative estimate of drug-likeness (QED) is 0.821.